The number of nitrogens with zero attached hydrogens (tertiary/aromatic N) is 2. The highest BCUT2D eigenvalue weighted by Gasteiger charge is 2.26. The van der Waals surface area contributed by atoms with E-state index in [1.807, 2.05) is 12.1 Å². The van der Waals surface area contributed by atoms with Gasteiger partial charge in [0.05, 0.1) is 17.0 Å². The van der Waals surface area contributed by atoms with Crippen LogP contribution in [0.4, 0.5) is 5.69 Å². The highest BCUT2D eigenvalue weighted by molar-refractivity contribution is 7.88. The van der Waals surface area contributed by atoms with Crippen LogP contribution in [0.1, 0.15) is 36.0 Å². The Morgan fingerprint density at radius 2 is 1.80 bits per heavy atom. The average Bonchev–Trinajstić information content (AvgIpc) is 3.07. The van der Waals surface area contributed by atoms with Gasteiger partial charge in [0.2, 0.25) is 10.0 Å². The highest BCUT2D eigenvalue weighted by atomic mass is 35.5. The number of sulfonamides is 1. The van der Waals surface area contributed by atoms with Crippen molar-refractivity contribution in [2.75, 3.05) is 37.3 Å². The average molecular weight is 386 g/mol. The van der Waals surface area contributed by atoms with Gasteiger partial charge in [0.15, 0.2) is 0 Å². The lowest BCUT2D eigenvalue weighted by molar-refractivity contribution is 0.0711. The largest absolute Gasteiger partial charge is 0.370 e. The third-order valence-corrected chi connectivity index (χ3v) is 5.87. The number of carbonyl (C=O) groups is 1. The first-order chi connectivity index (χ1) is 11.8. The summed E-state index contributed by atoms with van der Waals surface area (Å²) in [5.74, 6) is -0.0484. The Bertz CT molecular complexity index is 740. The van der Waals surface area contributed by atoms with Crippen molar-refractivity contribution >= 4 is 33.2 Å². The smallest absolute Gasteiger partial charge is 0.253 e. The van der Waals surface area contributed by atoms with Gasteiger partial charge < -0.3 is 9.80 Å². The van der Waals surface area contributed by atoms with Crippen molar-refractivity contribution in [1.82, 2.24) is 9.62 Å². The second-order valence-corrected chi connectivity index (χ2v) is 9.00. The molecule has 0 saturated carbocycles. The number of carbonyl (C=O) groups excluding carboxylic acids is 1. The summed E-state index contributed by atoms with van der Waals surface area (Å²) in [6.07, 6.45) is 4.76. The van der Waals surface area contributed by atoms with E-state index >= 15 is 0 Å². The van der Waals surface area contributed by atoms with Crippen molar-refractivity contribution in [2.24, 2.45) is 0 Å². The van der Waals surface area contributed by atoms with Gasteiger partial charge in [-0.1, -0.05) is 11.6 Å². The Labute approximate surface area is 154 Å². The Morgan fingerprint density at radius 1 is 1.16 bits per heavy atom. The number of piperidine rings is 1. The predicted octanol–water partition coefficient (Wildman–Crippen LogP) is 2.09. The normalized spacial score (nSPS) is 19.4. The molecule has 1 aromatic carbocycles. The van der Waals surface area contributed by atoms with E-state index in [9.17, 15) is 13.2 Å². The van der Waals surface area contributed by atoms with E-state index < -0.39 is 10.0 Å². The van der Waals surface area contributed by atoms with Gasteiger partial charge in [0, 0.05) is 37.8 Å². The molecule has 0 atom stereocenters. The number of rotatable bonds is 4. The van der Waals surface area contributed by atoms with E-state index in [0.29, 0.717) is 36.5 Å². The highest BCUT2D eigenvalue weighted by Crippen LogP contribution is 2.30. The lowest BCUT2D eigenvalue weighted by Gasteiger charge is -2.32. The SMILES string of the molecule is CS(=O)(=O)NC1CCN(C(=O)c2ccc(N3CCCC3)c(Cl)c2)CC1. The minimum Gasteiger partial charge on any atom is -0.370 e. The van der Waals surface area contributed by atoms with Crippen molar-refractivity contribution < 1.29 is 13.2 Å². The third-order valence-electron chi connectivity index (χ3n) is 4.80. The van der Waals surface area contributed by atoms with E-state index in [1.165, 1.54) is 12.8 Å². The number of nitrogens with one attached hydrogen (secondary N) is 1. The third kappa shape index (κ3) is 4.65. The zero-order chi connectivity index (χ0) is 18.0. The molecule has 8 heteroatoms. The van der Waals surface area contributed by atoms with Crippen LogP contribution < -0.4 is 9.62 Å². The van der Waals surface area contributed by atoms with Gasteiger partial charge in [0.25, 0.3) is 5.91 Å². The fraction of sp³-hybridized carbons (Fsp3) is 0.588. The first kappa shape index (κ1) is 18.5. The second kappa shape index (κ2) is 7.51. The zero-order valence-electron chi connectivity index (χ0n) is 14.4. The summed E-state index contributed by atoms with van der Waals surface area (Å²) in [6.45, 7) is 3.09. The topological polar surface area (TPSA) is 69.7 Å². The summed E-state index contributed by atoms with van der Waals surface area (Å²) >= 11 is 6.40. The number of anilines is 1. The van der Waals surface area contributed by atoms with Crippen LogP contribution in [-0.4, -0.2) is 57.7 Å². The lowest BCUT2D eigenvalue weighted by Crippen LogP contribution is -2.46. The minimum absolute atomic E-state index is 0.0484. The van der Waals surface area contributed by atoms with E-state index in [0.717, 1.165) is 25.0 Å². The molecule has 1 N–H and O–H groups in total. The van der Waals surface area contributed by atoms with Gasteiger partial charge in [-0.3, -0.25) is 4.79 Å². The monoisotopic (exact) mass is 385 g/mol. The van der Waals surface area contributed by atoms with Gasteiger partial charge in [-0.05, 0) is 43.9 Å². The molecule has 3 rings (SSSR count). The number of amides is 1. The standard InChI is InChI=1S/C17H24ClN3O3S/c1-25(23,24)19-14-6-10-21(11-7-14)17(22)13-4-5-16(15(18)12-13)20-8-2-3-9-20/h4-5,12,14,19H,2-3,6-11H2,1H3. The number of benzene rings is 1. The van der Waals surface area contributed by atoms with Gasteiger partial charge in [-0.15, -0.1) is 0 Å². The van der Waals surface area contributed by atoms with E-state index in [4.69, 9.17) is 11.6 Å². The zero-order valence-corrected chi connectivity index (χ0v) is 15.9. The lowest BCUT2D eigenvalue weighted by atomic mass is 10.0. The summed E-state index contributed by atoms with van der Waals surface area (Å²) in [5, 5.41) is 0.612. The molecule has 2 heterocycles. The summed E-state index contributed by atoms with van der Waals surface area (Å²) in [7, 11) is -3.21. The predicted molar refractivity (Wildman–Crippen MR) is 99.8 cm³/mol. The Balaban J connectivity index is 1.63. The van der Waals surface area contributed by atoms with Crippen molar-refractivity contribution in [3.63, 3.8) is 0 Å². The number of likely N-dealkylation sites (tertiary alicyclic amines) is 1. The van der Waals surface area contributed by atoms with Crippen molar-refractivity contribution in [3.05, 3.63) is 28.8 Å². The van der Waals surface area contributed by atoms with Crippen LogP contribution in [-0.2, 0) is 10.0 Å². The fourth-order valence-corrected chi connectivity index (χ4v) is 4.68. The molecule has 6 nitrogen and oxygen atoms in total. The molecular weight excluding hydrogens is 362 g/mol. The number of hydrogen-bond donors (Lipinski definition) is 1. The first-order valence-corrected chi connectivity index (χ1v) is 10.9. The first-order valence-electron chi connectivity index (χ1n) is 8.64. The molecule has 2 saturated heterocycles. The maximum Gasteiger partial charge on any atom is 0.253 e. The molecule has 0 bridgehead atoms. The Kier molecular flexibility index (Phi) is 5.55. The maximum atomic E-state index is 12.7. The molecule has 138 valence electrons. The number of hydrogen-bond acceptors (Lipinski definition) is 4. The van der Waals surface area contributed by atoms with Crippen molar-refractivity contribution in [1.29, 1.82) is 0 Å². The second-order valence-electron chi connectivity index (χ2n) is 6.82. The van der Waals surface area contributed by atoms with E-state index in [1.54, 1.807) is 11.0 Å². The quantitative estimate of drug-likeness (QED) is 0.861. The van der Waals surface area contributed by atoms with Gasteiger partial charge in [-0.25, -0.2) is 13.1 Å². The summed E-state index contributed by atoms with van der Waals surface area (Å²) in [6, 6.07) is 5.42. The van der Waals surface area contributed by atoms with Gasteiger partial charge >= 0.3 is 0 Å². The minimum atomic E-state index is -3.21. The van der Waals surface area contributed by atoms with Crippen LogP contribution in [0.3, 0.4) is 0 Å². The summed E-state index contributed by atoms with van der Waals surface area (Å²) < 4.78 is 25.2. The molecule has 0 spiro atoms. The molecule has 0 unspecified atom stereocenters. The van der Waals surface area contributed by atoms with Crippen LogP contribution in [0.5, 0.6) is 0 Å². The summed E-state index contributed by atoms with van der Waals surface area (Å²) in [4.78, 5) is 16.7. The Morgan fingerprint density at radius 3 is 2.36 bits per heavy atom. The fourth-order valence-electron chi connectivity index (χ4n) is 3.54. The van der Waals surface area contributed by atoms with E-state index in [-0.39, 0.29) is 11.9 Å². The molecular formula is C17H24ClN3O3S. The Hall–Kier alpha value is -1.31. The van der Waals surface area contributed by atoms with Crippen molar-refractivity contribution in [2.45, 2.75) is 31.7 Å². The molecule has 0 aromatic heterocycles. The molecule has 0 radical (unpaired) electrons. The maximum absolute atomic E-state index is 12.7. The van der Waals surface area contributed by atoms with Gasteiger partial charge in [0.1, 0.15) is 0 Å². The van der Waals surface area contributed by atoms with Crippen LogP contribution in [0.25, 0.3) is 0 Å². The molecule has 0 aliphatic carbocycles. The molecule has 2 fully saturated rings. The number of halogens is 1. The summed E-state index contributed by atoms with van der Waals surface area (Å²) in [5.41, 5.74) is 1.58. The molecule has 2 aliphatic heterocycles. The van der Waals surface area contributed by atoms with Crippen LogP contribution in [0.15, 0.2) is 18.2 Å². The van der Waals surface area contributed by atoms with Crippen LogP contribution in [0, 0.1) is 0 Å². The van der Waals surface area contributed by atoms with E-state index in [2.05, 4.69) is 9.62 Å². The van der Waals surface area contributed by atoms with Crippen LogP contribution in [0.2, 0.25) is 5.02 Å². The molecule has 1 amide bonds. The molecule has 1 aromatic rings. The molecule has 25 heavy (non-hydrogen) atoms. The van der Waals surface area contributed by atoms with Crippen molar-refractivity contribution in [3.8, 4) is 0 Å². The van der Waals surface area contributed by atoms with Crippen LogP contribution >= 0.6 is 11.6 Å². The molecule has 2 aliphatic rings. The van der Waals surface area contributed by atoms with Gasteiger partial charge in [-0.2, -0.15) is 0 Å².